The van der Waals surface area contributed by atoms with Crippen LogP contribution in [-0.4, -0.2) is 35.8 Å². The van der Waals surface area contributed by atoms with E-state index in [1.54, 1.807) is 6.92 Å². The summed E-state index contributed by atoms with van der Waals surface area (Å²) >= 11 is 0. The normalized spacial score (nSPS) is 20.1. The molecule has 6 nitrogen and oxygen atoms in total. The lowest BCUT2D eigenvalue weighted by molar-refractivity contribution is -0.134. The molecule has 1 aromatic carbocycles. The van der Waals surface area contributed by atoms with Crippen molar-refractivity contribution in [1.82, 2.24) is 15.5 Å². The van der Waals surface area contributed by atoms with Gasteiger partial charge in [-0.2, -0.15) is 0 Å². The monoisotopic (exact) mass is 345 g/mol. The first-order valence-corrected chi connectivity index (χ1v) is 8.72. The minimum Gasteiger partial charge on any atom is -0.355 e. The smallest absolute Gasteiger partial charge is 0.325 e. The molecule has 1 fully saturated rings. The Balaban J connectivity index is 1.98. The third-order valence-corrected chi connectivity index (χ3v) is 4.49. The van der Waals surface area contributed by atoms with Gasteiger partial charge in [0.1, 0.15) is 12.1 Å². The van der Waals surface area contributed by atoms with Crippen molar-refractivity contribution >= 4 is 17.8 Å². The van der Waals surface area contributed by atoms with Crippen LogP contribution in [0.4, 0.5) is 4.79 Å². The first-order chi connectivity index (χ1) is 11.7. The Labute approximate surface area is 149 Å². The van der Waals surface area contributed by atoms with Crippen LogP contribution in [-0.2, 0) is 15.1 Å². The van der Waals surface area contributed by atoms with Crippen LogP contribution in [0.25, 0.3) is 0 Å². The highest BCUT2D eigenvalue weighted by Gasteiger charge is 2.49. The fraction of sp³-hybridized carbons (Fsp3) is 0.526. The van der Waals surface area contributed by atoms with Crippen LogP contribution in [0.2, 0.25) is 0 Å². The quantitative estimate of drug-likeness (QED) is 0.588. The Kier molecular flexibility index (Phi) is 5.82. The van der Waals surface area contributed by atoms with Crippen molar-refractivity contribution in [3.63, 3.8) is 0 Å². The maximum Gasteiger partial charge on any atom is 0.325 e. The van der Waals surface area contributed by atoms with E-state index in [1.165, 1.54) is 0 Å². The first-order valence-electron chi connectivity index (χ1n) is 8.72. The SMILES string of the molecule is Cc1ccc(C2(C)NC(=O)N(CC(=O)NCCCC(C)C)C2=O)cc1. The number of nitrogens with one attached hydrogen (secondary N) is 2. The van der Waals surface area contributed by atoms with Crippen molar-refractivity contribution in [2.24, 2.45) is 5.92 Å². The van der Waals surface area contributed by atoms with Gasteiger partial charge >= 0.3 is 6.03 Å². The van der Waals surface area contributed by atoms with Crippen LogP contribution in [0.3, 0.4) is 0 Å². The van der Waals surface area contributed by atoms with E-state index >= 15 is 0 Å². The molecule has 1 aromatic rings. The molecule has 0 bridgehead atoms. The second kappa shape index (κ2) is 7.68. The Morgan fingerprint density at radius 1 is 1.24 bits per heavy atom. The molecule has 0 aliphatic carbocycles. The molecule has 136 valence electrons. The summed E-state index contributed by atoms with van der Waals surface area (Å²) < 4.78 is 0. The Hall–Kier alpha value is -2.37. The third-order valence-electron chi connectivity index (χ3n) is 4.49. The van der Waals surface area contributed by atoms with Gasteiger partial charge in [0.2, 0.25) is 5.91 Å². The van der Waals surface area contributed by atoms with Crippen molar-refractivity contribution < 1.29 is 14.4 Å². The number of benzene rings is 1. The molecule has 1 saturated heterocycles. The Morgan fingerprint density at radius 3 is 2.48 bits per heavy atom. The van der Waals surface area contributed by atoms with Crippen molar-refractivity contribution in [3.8, 4) is 0 Å². The molecule has 1 heterocycles. The molecule has 2 N–H and O–H groups in total. The molecular weight excluding hydrogens is 318 g/mol. The maximum atomic E-state index is 12.7. The van der Waals surface area contributed by atoms with Crippen molar-refractivity contribution in [1.29, 1.82) is 0 Å². The predicted molar refractivity (Wildman–Crippen MR) is 95.9 cm³/mol. The molecule has 0 radical (unpaired) electrons. The summed E-state index contributed by atoms with van der Waals surface area (Å²) in [5.41, 5.74) is 0.640. The number of rotatable bonds is 7. The lowest BCUT2D eigenvalue weighted by atomic mass is 9.91. The molecule has 25 heavy (non-hydrogen) atoms. The average Bonchev–Trinajstić information content (AvgIpc) is 2.76. The summed E-state index contributed by atoms with van der Waals surface area (Å²) in [4.78, 5) is 38.0. The summed E-state index contributed by atoms with van der Waals surface area (Å²) in [7, 11) is 0. The van der Waals surface area contributed by atoms with Gasteiger partial charge in [-0.25, -0.2) is 4.79 Å². The van der Waals surface area contributed by atoms with Crippen LogP contribution >= 0.6 is 0 Å². The van der Waals surface area contributed by atoms with E-state index in [0.29, 0.717) is 18.0 Å². The van der Waals surface area contributed by atoms with Crippen LogP contribution in [0.1, 0.15) is 44.7 Å². The van der Waals surface area contributed by atoms with Crippen LogP contribution in [0.5, 0.6) is 0 Å². The molecule has 1 aliphatic heterocycles. The number of carbonyl (C=O) groups excluding carboxylic acids is 3. The molecule has 0 saturated carbocycles. The minimum atomic E-state index is -1.14. The maximum absolute atomic E-state index is 12.7. The van der Waals surface area contributed by atoms with Crippen molar-refractivity contribution in [2.45, 2.75) is 46.1 Å². The summed E-state index contributed by atoms with van der Waals surface area (Å²) in [6, 6.07) is 6.89. The number of nitrogens with zero attached hydrogens (tertiary/aromatic N) is 1. The highest BCUT2D eigenvalue weighted by atomic mass is 16.2. The zero-order valence-corrected chi connectivity index (χ0v) is 15.4. The standard InChI is InChI=1S/C19H27N3O3/c1-13(2)6-5-11-20-16(23)12-22-17(24)19(4,21-18(22)25)15-9-7-14(3)8-10-15/h7-10,13H,5-6,11-12H2,1-4H3,(H,20,23)(H,21,25). The van der Waals surface area contributed by atoms with Gasteiger partial charge in [-0.3, -0.25) is 14.5 Å². The van der Waals surface area contributed by atoms with E-state index in [4.69, 9.17) is 0 Å². The Bertz CT molecular complexity index is 654. The largest absolute Gasteiger partial charge is 0.355 e. The van der Waals surface area contributed by atoms with E-state index in [1.807, 2.05) is 31.2 Å². The topological polar surface area (TPSA) is 78.5 Å². The molecule has 4 amide bonds. The molecule has 6 heteroatoms. The predicted octanol–water partition coefficient (Wildman–Crippen LogP) is 2.31. The zero-order valence-electron chi connectivity index (χ0n) is 15.4. The molecule has 1 atom stereocenters. The average molecular weight is 345 g/mol. The molecular formula is C19H27N3O3. The summed E-state index contributed by atoms with van der Waals surface area (Å²) in [6.45, 7) is 8.17. The summed E-state index contributed by atoms with van der Waals surface area (Å²) in [6.07, 6.45) is 1.90. The van der Waals surface area contributed by atoms with E-state index in [9.17, 15) is 14.4 Å². The van der Waals surface area contributed by atoms with Crippen molar-refractivity contribution in [3.05, 3.63) is 35.4 Å². The lowest BCUT2D eigenvalue weighted by Crippen LogP contribution is -2.43. The van der Waals surface area contributed by atoms with Gasteiger partial charge in [0.25, 0.3) is 5.91 Å². The highest BCUT2D eigenvalue weighted by Crippen LogP contribution is 2.28. The fourth-order valence-electron chi connectivity index (χ4n) is 2.86. The van der Waals surface area contributed by atoms with Gasteiger partial charge in [0.05, 0.1) is 0 Å². The number of hydrogen-bond acceptors (Lipinski definition) is 3. The van der Waals surface area contributed by atoms with E-state index in [0.717, 1.165) is 23.3 Å². The number of imide groups is 1. The molecule has 1 unspecified atom stereocenters. The van der Waals surface area contributed by atoms with Gasteiger partial charge < -0.3 is 10.6 Å². The summed E-state index contributed by atoms with van der Waals surface area (Å²) in [5, 5.41) is 5.48. The highest BCUT2D eigenvalue weighted by molar-refractivity contribution is 6.09. The van der Waals surface area contributed by atoms with E-state index in [-0.39, 0.29) is 12.5 Å². The first kappa shape index (κ1) is 19.0. The van der Waals surface area contributed by atoms with Crippen molar-refractivity contribution in [2.75, 3.05) is 13.1 Å². The van der Waals surface area contributed by atoms with Gasteiger partial charge in [-0.1, -0.05) is 43.7 Å². The van der Waals surface area contributed by atoms with Crippen LogP contribution < -0.4 is 10.6 Å². The molecule has 0 aromatic heterocycles. The van der Waals surface area contributed by atoms with Gasteiger partial charge in [0, 0.05) is 6.54 Å². The number of urea groups is 1. The number of carbonyl (C=O) groups is 3. The molecule has 0 spiro atoms. The van der Waals surface area contributed by atoms with Crippen LogP contribution in [0.15, 0.2) is 24.3 Å². The number of hydrogen-bond donors (Lipinski definition) is 2. The van der Waals surface area contributed by atoms with Crippen LogP contribution in [0, 0.1) is 12.8 Å². The Morgan fingerprint density at radius 2 is 1.88 bits per heavy atom. The molecule has 1 aliphatic rings. The van der Waals surface area contributed by atoms with Gasteiger partial charge in [0.15, 0.2) is 0 Å². The lowest BCUT2D eigenvalue weighted by Gasteiger charge is -2.22. The minimum absolute atomic E-state index is 0.256. The second-order valence-corrected chi connectivity index (χ2v) is 7.20. The third kappa shape index (κ3) is 4.38. The fourth-order valence-corrected chi connectivity index (χ4v) is 2.86. The summed E-state index contributed by atoms with van der Waals surface area (Å²) in [5.74, 6) is -0.142. The van der Waals surface area contributed by atoms with E-state index < -0.39 is 17.5 Å². The van der Waals surface area contributed by atoms with Gasteiger partial charge in [-0.15, -0.1) is 0 Å². The number of amides is 4. The second-order valence-electron chi connectivity index (χ2n) is 7.20. The zero-order chi connectivity index (χ0) is 18.6. The van der Waals surface area contributed by atoms with Gasteiger partial charge in [-0.05, 0) is 38.2 Å². The molecule has 2 rings (SSSR count). The van der Waals surface area contributed by atoms with E-state index in [2.05, 4.69) is 24.5 Å². The number of aryl methyl sites for hydroxylation is 1.